The number of aliphatic carboxylic acids is 2. The Hall–Kier alpha value is -2.11. The average Bonchev–Trinajstić information content (AvgIpc) is 2.56. The lowest BCUT2D eigenvalue weighted by Crippen LogP contribution is -2.27. The first kappa shape index (κ1) is 9.97. The Labute approximate surface area is 77.8 Å². The SMILES string of the molecule is O=C(O)C(=O)C(C(=O)O)c1ccco1. The number of carboxylic acids is 2. The van der Waals surface area contributed by atoms with Crippen LogP contribution in [0.3, 0.4) is 0 Å². The number of ketones is 1. The molecule has 1 atom stereocenters. The number of furan rings is 1. The van der Waals surface area contributed by atoms with Crippen molar-refractivity contribution < 1.29 is 29.0 Å². The summed E-state index contributed by atoms with van der Waals surface area (Å²) in [5.41, 5.74) is 0. The largest absolute Gasteiger partial charge is 0.480 e. The molecule has 14 heavy (non-hydrogen) atoms. The van der Waals surface area contributed by atoms with E-state index in [0.29, 0.717) is 0 Å². The van der Waals surface area contributed by atoms with Gasteiger partial charge in [-0.1, -0.05) is 0 Å². The molecule has 6 heteroatoms. The molecule has 0 spiro atoms. The van der Waals surface area contributed by atoms with Crippen LogP contribution in [0.2, 0.25) is 0 Å². The van der Waals surface area contributed by atoms with E-state index < -0.39 is 23.6 Å². The lowest BCUT2D eigenvalue weighted by molar-refractivity contribution is -0.154. The fraction of sp³-hybridized carbons (Fsp3) is 0.125. The van der Waals surface area contributed by atoms with Crippen molar-refractivity contribution in [3.63, 3.8) is 0 Å². The van der Waals surface area contributed by atoms with Crippen molar-refractivity contribution in [3.05, 3.63) is 24.2 Å². The lowest BCUT2D eigenvalue weighted by atomic mass is 10.0. The van der Waals surface area contributed by atoms with Crippen LogP contribution in [0.1, 0.15) is 11.7 Å². The van der Waals surface area contributed by atoms with Crippen LogP contribution >= 0.6 is 0 Å². The zero-order valence-corrected chi connectivity index (χ0v) is 6.84. The van der Waals surface area contributed by atoms with Crippen LogP contribution < -0.4 is 0 Å². The zero-order valence-electron chi connectivity index (χ0n) is 6.84. The topological polar surface area (TPSA) is 105 Å². The van der Waals surface area contributed by atoms with Gasteiger partial charge in [-0.3, -0.25) is 9.59 Å². The Morgan fingerprint density at radius 2 is 1.93 bits per heavy atom. The highest BCUT2D eigenvalue weighted by atomic mass is 16.4. The first-order valence-corrected chi connectivity index (χ1v) is 3.57. The Morgan fingerprint density at radius 1 is 1.29 bits per heavy atom. The molecule has 0 bridgehead atoms. The summed E-state index contributed by atoms with van der Waals surface area (Å²) in [5.74, 6) is -6.74. The third-order valence-corrected chi connectivity index (χ3v) is 1.55. The van der Waals surface area contributed by atoms with E-state index in [1.165, 1.54) is 18.4 Å². The molecule has 74 valence electrons. The Bertz CT molecular complexity index is 363. The second-order valence-corrected chi connectivity index (χ2v) is 2.46. The van der Waals surface area contributed by atoms with Gasteiger partial charge in [0, 0.05) is 0 Å². The predicted molar refractivity (Wildman–Crippen MR) is 41.7 cm³/mol. The summed E-state index contributed by atoms with van der Waals surface area (Å²) in [5, 5.41) is 17.0. The highest BCUT2D eigenvalue weighted by Crippen LogP contribution is 2.17. The molecule has 1 rings (SSSR count). The number of hydrogen-bond acceptors (Lipinski definition) is 4. The van der Waals surface area contributed by atoms with Gasteiger partial charge in [0.2, 0.25) is 0 Å². The fourth-order valence-electron chi connectivity index (χ4n) is 0.942. The number of rotatable bonds is 4. The monoisotopic (exact) mass is 198 g/mol. The fourth-order valence-corrected chi connectivity index (χ4v) is 0.942. The van der Waals surface area contributed by atoms with Crippen molar-refractivity contribution in [1.29, 1.82) is 0 Å². The van der Waals surface area contributed by atoms with Gasteiger partial charge in [0.15, 0.2) is 5.92 Å². The number of carboxylic acid groups (broad SMARTS) is 2. The van der Waals surface area contributed by atoms with Crippen LogP contribution in [0, 0.1) is 0 Å². The summed E-state index contributed by atoms with van der Waals surface area (Å²) in [7, 11) is 0. The molecule has 1 unspecified atom stereocenters. The first-order chi connectivity index (χ1) is 6.54. The molecular weight excluding hydrogens is 192 g/mol. The Balaban J connectivity index is 3.03. The van der Waals surface area contributed by atoms with Gasteiger partial charge < -0.3 is 14.6 Å². The van der Waals surface area contributed by atoms with E-state index in [1.807, 2.05) is 0 Å². The maximum Gasteiger partial charge on any atom is 0.373 e. The van der Waals surface area contributed by atoms with Crippen LogP contribution in [0.4, 0.5) is 0 Å². The summed E-state index contributed by atoms with van der Waals surface area (Å²) in [6.45, 7) is 0. The van der Waals surface area contributed by atoms with E-state index in [2.05, 4.69) is 4.42 Å². The molecule has 1 aromatic rings. The standard InChI is InChI=1S/C8H6O6/c9-6(8(12)13)5(7(10)11)4-2-1-3-14-4/h1-3,5H,(H,10,11)(H,12,13). The van der Waals surface area contributed by atoms with Gasteiger partial charge in [0.05, 0.1) is 6.26 Å². The molecule has 0 amide bonds. The van der Waals surface area contributed by atoms with Crippen LogP contribution in [-0.2, 0) is 14.4 Å². The smallest absolute Gasteiger partial charge is 0.373 e. The first-order valence-electron chi connectivity index (χ1n) is 3.57. The lowest BCUT2D eigenvalue weighted by Gasteiger charge is -2.03. The zero-order chi connectivity index (χ0) is 10.7. The molecule has 0 saturated carbocycles. The average molecular weight is 198 g/mol. The van der Waals surface area contributed by atoms with Crippen molar-refractivity contribution >= 4 is 17.7 Å². The van der Waals surface area contributed by atoms with Gasteiger partial charge in [-0.25, -0.2) is 4.79 Å². The van der Waals surface area contributed by atoms with Gasteiger partial charge in [-0.05, 0) is 12.1 Å². The Kier molecular flexibility index (Phi) is 2.66. The molecule has 1 heterocycles. The molecule has 0 saturated heterocycles. The quantitative estimate of drug-likeness (QED) is 0.525. The third kappa shape index (κ3) is 1.79. The van der Waals surface area contributed by atoms with Crippen molar-refractivity contribution in [2.24, 2.45) is 0 Å². The molecule has 0 aromatic carbocycles. The molecule has 0 aliphatic rings. The van der Waals surface area contributed by atoms with Crippen LogP contribution in [-0.4, -0.2) is 27.9 Å². The number of carbonyl (C=O) groups excluding carboxylic acids is 1. The number of Topliss-reactive ketones (excluding diaryl/α,β-unsaturated/α-hetero) is 1. The van der Waals surface area contributed by atoms with Crippen LogP contribution in [0.5, 0.6) is 0 Å². The van der Waals surface area contributed by atoms with Crippen molar-refractivity contribution in [2.75, 3.05) is 0 Å². The minimum Gasteiger partial charge on any atom is -0.480 e. The minimum atomic E-state index is -1.80. The van der Waals surface area contributed by atoms with Crippen molar-refractivity contribution in [1.82, 2.24) is 0 Å². The van der Waals surface area contributed by atoms with Gasteiger partial charge in [-0.2, -0.15) is 0 Å². The van der Waals surface area contributed by atoms with Crippen molar-refractivity contribution in [3.8, 4) is 0 Å². The second kappa shape index (κ2) is 3.73. The molecule has 0 aliphatic heterocycles. The molecule has 0 aliphatic carbocycles. The van der Waals surface area contributed by atoms with E-state index in [9.17, 15) is 14.4 Å². The normalized spacial score (nSPS) is 12.0. The summed E-state index contributed by atoms with van der Waals surface area (Å²) in [6.07, 6.45) is 1.17. The van der Waals surface area contributed by atoms with Crippen LogP contribution in [0.25, 0.3) is 0 Å². The minimum absolute atomic E-state index is 0.190. The van der Waals surface area contributed by atoms with Gasteiger partial charge in [-0.15, -0.1) is 0 Å². The summed E-state index contributed by atoms with van der Waals surface area (Å²) in [6, 6.07) is 2.61. The maximum absolute atomic E-state index is 10.9. The van der Waals surface area contributed by atoms with E-state index in [4.69, 9.17) is 10.2 Å². The molecular formula is C8H6O6. The van der Waals surface area contributed by atoms with E-state index in [-0.39, 0.29) is 5.76 Å². The predicted octanol–water partition coefficient (Wildman–Crippen LogP) is 0.101. The summed E-state index contributed by atoms with van der Waals surface area (Å²) >= 11 is 0. The number of carbonyl (C=O) groups is 3. The molecule has 1 aromatic heterocycles. The van der Waals surface area contributed by atoms with Gasteiger partial charge in [0.25, 0.3) is 5.78 Å². The van der Waals surface area contributed by atoms with Crippen LogP contribution in [0.15, 0.2) is 22.8 Å². The van der Waals surface area contributed by atoms with Gasteiger partial charge >= 0.3 is 11.9 Å². The maximum atomic E-state index is 10.9. The van der Waals surface area contributed by atoms with E-state index in [0.717, 1.165) is 0 Å². The van der Waals surface area contributed by atoms with E-state index in [1.54, 1.807) is 0 Å². The highest BCUT2D eigenvalue weighted by molar-refractivity contribution is 6.38. The van der Waals surface area contributed by atoms with Crippen molar-refractivity contribution in [2.45, 2.75) is 5.92 Å². The third-order valence-electron chi connectivity index (χ3n) is 1.55. The Morgan fingerprint density at radius 3 is 2.29 bits per heavy atom. The van der Waals surface area contributed by atoms with E-state index >= 15 is 0 Å². The molecule has 6 nitrogen and oxygen atoms in total. The second-order valence-electron chi connectivity index (χ2n) is 2.46. The summed E-state index contributed by atoms with van der Waals surface area (Å²) in [4.78, 5) is 31.8. The molecule has 0 radical (unpaired) electrons. The molecule has 2 N–H and O–H groups in total. The summed E-state index contributed by atoms with van der Waals surface area (Å²) < 4.78 is 4.66. The number of hydrogen-bond donors (Lipinski definition) is 2. The molecule has 0 fully saturated rings. The highest BCUT2D eigenvalue weighted by Gasteiger charge is 2.35. The van der Waals surface area contributed by atoms with Gasteiger partial charge in [0.1, 0.15) is 5.76 Å².